The van der Waals surface area contributed by atoms with E-state index in [2.05, 4.69) is 0 Å². The highest BCUT2D eigenvalue weighted by molar-refractivity contribution is 6.31. The number of nitrogens with zero attached hydrogens (tertiary/aromatic N) is 1. The van der Waals surface area contributed by atoms with Gasteiger partial charge >= 0.3 is 0 Å². The normalized spacial score (nSPS) is 10.3. The van der Waals surface area contributed by atoms with Gasteiger partial charge in [-0.2, -0.15) is 0 Å². The summed E-state index contributed by atoms with van der Waals surface area (Å²) >= 11 is 6.11. The average molecular weight is 274 g/mol. The van der Waals surface area contributed by atoms with E-state index in [0.29, 0.717) is 11.6 Å². The minimum atomic E-state index is 0.0121. The van der Waals surface area contributed by atoms with Crippen molar-refractivity contribution in [3.05, 3.63) is 70.2 Å². The Morgan fingerprint density at radius 1 is 1.11 bits per heavy atom. The topological polar surface area (TPSA) is 20.3 Å². The predicted molar refractivity (Wildman–Crippen MR) is 78.4 cm³/mol. The molecule has 2 nitrogen and oxygen atoms in total. The highest BCUT2D eigenvalue weighted by Gasteiger charge is 2.14. The quantitative estimate of drug-likeness (QED) is 0.830. The van der Waals surface area contributed by atoms with E-state index >= 15 is 0 Å². The smallest absolute Gasteiger partial charge is 0.254 e. The van der Waals surface area contributed by atoms with Crippen LogP contribution in [0.15, 0.2) is 48.5 Å². The van der Waals surface area contributed by atoms with E-state index in [-0.39, 0.29) is 5.91 Å². The molecule has 0 saturated carbocycles. The van der Waals surface area contributed by atoms with Gasteiger partial charge in [0.2, 0.25) is 0 Å². The van der Waals surface area contributed by atoms with Crippen LogP contribution in [0.3, 0.4) is 0 Å². The van der Waals surface area contributed by atoms with Gasteiger partial charge < -0.3 is 4.90 Å². The largest absolute Gasteiger partial charge is 0.337 e. The molecule has 0 N–H and O–H groups in total. The molecule has 2 aromatic carbocycles. The molecule has 98 valence electrons. The van der Waals surface area contributed by atoms with E-state index in [1.165, 1.54) is 0 Å². The molecule has 0 spiro atoms. The van der Waals surface area contributed by atoms with Crippen molar-refractivity contribution >= 4 is 17.5 Å². The fourth-order valence-corrected chi connectivity index (χ4v) is 2.17. The number of benzene rings is 2. The summed E-state index contributed by atoms with van der Waals surface area (Å²) in [5.74, 6) is 0.0121. The zero-order valence-corrected chi connectivity index (χ0v) is 11.8. The molecule has 0 atom stereocenters. The summed E-state index contributed by atoms with van der Waals surface area (Å²) in [6, 6.07) is 15.2. The Labute approximate surface area is 118 Å². The van der Waals surface area contributed by atoms with Crippen LogP contribution >= 0.6 is 11.6 Å². The van der Waals surface area contributed by atoms with Crippen molar-refractivity contribution in [2.24, 2.45) is 0 Å². The second-order valence-corrected chi connectivity index (χ2v) is 4.97. The molecule has 0 saturated heterocycles. The fourth-order valence-electron chi connectivity index (χ4n) is 1.97. The van der Waals surface area contributed by atoms with Crippen molar-refractivity contribution in [3.8, 4) is 0 Å². The summed E-state index contributed by atoms with van der Waals surface area (Å²) in [7, 11) is 1.79. The number of carbonyl (C=O) groups excluding carboxylic acids is 1. The molecule has 1 amide bonds. The summed E-state index contributed by atoms with van der Waals surface area (Å²) in [4.78, 5) is 14.0. The van der Waals surface area contributed by atoms with Crippen LogP contribution in [0.4, 0.5) is 0 Å². The first kappa shape index (κ1) is 13.6. The molecular weight excluding hydrogens is 258 g/mol. The molecule has 0 fully saturated rings. The first-order valence-electron chi connectivity index (χ1n) is 6.14. The summed E-state index contributed by atoms with van der Waals surface area (Å²) in [6.45, 7) is 2.45. The summed E-state index contributed by atoms with van der Waals surface area (Å²) in [5, 5.41) is 0.687. The maximum Gasteiger partial charge on any atom is 0.254 e. The summed E-state index contributed by atoms with van der Waals surface area (Å²) in [6.07, 6.45) is 0. The van der Waals surface area contributed by atoms with Gasteiger partial charge in [0.15, 0.2) is 0 Å². The lowest BCUT2D eigenvalue weighted by Crippen LogP contribution is -2.26. The van der Waals surface area contributed by atoms with Crippen molar-refractivity contribution in [2.45, 2.75) is 13.5 Å². The Hall–Kier alpha value is -1.80. The van der Waals surface area contributed by atoms with E-state index in [1.807, 2.05) is 55.5 Å². The van der Waals surface area contributed by atoms with Crippen LogP contribution in [0, 0.1) is 6.92 Å². The molecule has 2 aromatic rings. The van der Waals surface area contributed by atoms with Crippen LogP contribution in [0.1, 0.15) is 21.5 Å². The monoisotopic (exact) mass is 273 g/mol. The van der Waals surface area contributed by atoms with Crippen LogP contribution < -0.4 is 0 Å². The first-order chi connectivity index (χ1) is 9.09. The van der Waals surface area contributed by atoms with Crippen molar-refractivity contribution in [1.29, 1.82) is 0 Å². The third-order valence-corrected chi connectivity index (χ3v) is 3.46. The van der Waals surface area contributed by atoms with Crippen LogP contribution in [0.25, 0.3) is 0 Å². The van der Waals surface area contributed by atoms with Gasteiger partial charge in [0.1, 0.15) is 0 Å². The van der Waals surface area contributed by atoms with Gasteiger partial charge in [0.05, 0.1) is 0 Å². The number of amides is 1. The minimum Gasteiger partial charge on any atom is -0.337 e. The molecule has 0 unspecified atom stereocenters. The molecule has 3 heteroatoms. The van der Waals surface area contributed by atoms with E-state index in [9.17, 15) is 4.79 Å². The molecule has 0 aromatic heterocycles. The van der Waals surface area contributed by atoms with E-state index in [0.717, 1.165) is 16.7 Å². The maximum atomic E-state index is 12.4. The number of carbonyl (C=O) groups is 1. The molecule has 19 heavy (non-hydrogen) atoms. The van der Waals surface area contributed by atoms with Crippen LogP contribution in [-0.2, 0) is 6.54 Å². The SMILES string of the molecule is Cc1ccccc1C(=O)N(C)Cc1ccccc1Cl. The lowest BCUT2D eigenvalue weighted by molar-refractivity contribution is 0.0784. The Morgan fingerprint density at radius 3 is 2.42 bits per heavy atom. The molecule has 0 aliphatic heterocycles. The van der Waals surface area contributed by atoms with E-state index < -0.39 is 0 Å². The predicted octanol–water partition coefficient (Wildman–Crippen LogP) is 3.92. The summed E-state index contributed by atoms with van der Waals surface area (Å²) in [5.41, 5.74) is 2.67. The molecule has 0 aliphatic rings. The Bertz CT molecular complexity index is 595. The van der Waals surface area contributed by atoms with Gasteiger partial charge in [0.25, 0.3) is 5.91 Å². The van der Waals surface area contributed by atoms with E-state index in [4.69, 9.17) is 11.6 Å². The van der Waals surface area contributed by atoms with Gasteiger partial charge in [0, 0.05) is 24.2 Å². The number of halogens is 1. The number of aryl methyl sites for hydroxylation is 1. The third-order valence-electron chi connectivity index (χ3n) is 3.09. The van der Waals surface area contributed by atoms with Crippen molar-refractivity contribution in [3.63, 3.8) is 0 Å². The maximum absolute atomic E-state index is 12.4. The van der Waals surface area contributed by atoms with Crippen LogP contribution in [-0.4, -0.2) is 17.9 Å². The minimum absolute atomic E-state index is 0.0121. The third kappa shape index (κ3) is 3.15. The second kappa shape index (κ2) is 5.89. The van der Waals surface area contributed by atoms with Gasteiger partial charge in [-0.05, 0) is 30.2 Å². The van der Waals surface area contributed by atoms with Gasteiger partial charge in [-0.25, -0.2) is 0 Å². The molecule has 0 bridgehead atoms. The molecular formula is C16H16ClNO. The Kier molecular flexibility index (Phi) is 4.23. The van der Waals surface area contributed by atoms with Gasteiger partial charge in [-0.1, -0.05) is 48.0 Å². The van der Waals surface area contributed by atoms with Crippen molar-refractivity contribution < 1.29 is 4.79 Å². The highest BCUT2D eigenvalue weighted by Crippen LogP contribution is 2.18. The van der Waals surface area contributed by atoms with Gasteiger partial charge in [-0.3, -0.25) is 4.79 Å². The molecule has 2 rings (SSSR count). The Balaban J connectivity index is 2.17. The zero-order valence-electron chi connectivity index (χ0n) is 11.1. The van der Waals surface area contributed by atoms with Crippen LogP contribution in [0.2, 0.25) is 5.02 Å². The molecule has 0 aliphatic carbocycles. The van der Waals surface area contributed by atoms with E-state index in [1.54, 1.807) is 11.9 Å². The van der Waals surface area contributed by atoms with Crippen molar-refractivity contribution in [2.75, 3.05) is 7.05 Å². The average Bonchev–Trinajstić information content (AvgIpc) is 2.41. The second-order valence-electron chi connectivity index (χ2n) is 4.57. The summed E-state index contributed by atoms with van der Waals surface area (Å²) < 4.78 is 0. The zero-order chi connectivity index (χ0) is 13.8. The molecule has 0 radical (unpaired) electrons. The fraction of sp³-hybridized carbons (Fsp3) is 0.188. The number of hydrogen-bond donors (Lipinski definition) is 0. The first-order valence-corrected chi connectivity index (χ1v) is 6.52. The number of hydrogen-bond acceptors (Lipinski definition) is 1. The van der Waals surface area contributed by atoms with Gasteiger partial charge in [-0.15, -0.1) is 0 Å². The van der Waals surface area contributed by atoms with Crippen molar-refractivity contribution in [1.82, 2.24) is 4.90 Å². The van der Waals surface area contributed by atoms with Crippen LogP contribution in [0.5, 0.6) is 0 Å². The number of rotatable bonds is 3. The Morgan fingerprint density at radius 2 is 1.74 bits per heavy atom. The highest BCUT2D eigenvalue weighted by atomic mass is 35.5. The molecule has 0 heterocycles. The lowest BCUT2D eigenvalue weighted by atomic mass is 10.1. The standard InChI is InChI=1S/C16H16ClNO/c1-12-7-3-5-9-14(12)16(19)18(2)11-13-8-4-6-10-15(13)17/h3-10H,11H2,1-2H3. The lowest BCUT2D eigenvalue weighted by Gasteiger charge is -2.19.